The zero-order valence-corrected chi connectivity index (χ0v) is 15.4. The summed E-state index contributed by atoms with van der Waals surface area (Å²) >= 11 is 0. The van der Waals surface area contributed by atoms with Gasteiger partial charge in [0.2, 0.25) is 0 Å². The zero-order chi connectivity index (χ0) is 17.9. The van der Waals surface area contributed by atoms with Gasteiger partial charge in [-0.05, 0) is 55.8 Å². The molecule has 3 aromatic rings. The summed E-state index contributed by atoms with van der Waals surface area (Å²) in [6.07, 6.45) is 4.98. The number of hydrogen-bond donors (Lipinski definition) is 2. The monoisotopic (exact) mass is 347 g/mol. The molecule has 5 nitrogen and oxygen atoms in total. The van der Waals surface area contributed by atoms with Gasteiger partial charge in [-0.2, -0.15) is 5.10 Å². The Morgan fingerprint density at radius 3 is 2.96 bits per heavy atom. The first-order valence-electron chi connectivity index (χ1n) is 9.17. The maximum Gasteiger partial charge on any atom is 0.126 e. The number of likely N-dealkylation sites (tertiary alicyclic amines) is 1. The number of aromatic amines is 1. The number of nitrogens with zero attached hydrogens (tertiary/aromatic N) is 3. The fourth-order valence-electron chi connectivity index (χ4n) is 3.70. The molecule has 26 heavy (non-hydrogen) atoms. The van der Waals surface area contributed by atoms with E-state index in [-0.39, 0.29) is 0 Å². The maximum atomic E-state index is 4.48. The smallest absolute Gasteiger partial charge is 0.126 e. The molecule has 0 saturated carbocycles. The van der Waals surface area contributed by atoms with Gasteiger partial charge in [-0.15, -0.1) is 0 Å². The van der Waals surface area contributed by atoms with Crippen LogP contribution in [0.2, 0.25) is 0 Å². The Morgan fingerprint density at radius 1 is 1.27 bits per heavy atom. The van der Waals surface area contributed by atoms with E-state index < -0.39 is 0 Å². The van der Waals surface area contributed by atoms with Crippen molar-refractivity contribution in [3.63, 3.8) is 0 Å². The summed E-state index contributed by atoms with van der Waals surface area (Å²) in [5.74, 6) is 1.41. The van der Waals surface area contributed by atoms with Gasteiger partial charge in [0.15, 0.2) is 0 Å². The fraction of sp³-hybridized carbons (Fsp3) is 0.333. The Morgan fingerprint density at radius 2 is 2.15 bits per heavy atom. The first-order chi connectivity index (χ1) is 12.7. The van der Waals surface area contributed by atoms with E-state index in [2.05, 4.69) is 75.8 Å². The average molecular weight is 347 g/mol. The summed E-state index contributed by atoms with van der Waals surface area (Å²) in [6, 6.07) is 12.6. The predicted octanol–water partition coefficient (Wildman–Crippen LogP) is 3.81. The molecule has 3 heterocycles. The Bertz CT molecular complexity index is 885. The fourth-order valence-corrected chi connectivity index (χ4v) is 3.70. The van der Waals surface area contributed by atoms with Crippen LogP contribution in [0.1, 0.15) is 29.2 Å². The third-order valence-electron chi connectivity index (χ3n) is 5.26. The van der Waals surface area contributed by atoms with Gasteiger partial charge in [0.25, 0.3) is 0 Å². The van der Waals surface area contributed by atoms with Gasteiger partial charge in [0.05, 0.1) is 6.20 Å². The minimum absolute atomic E-state index is 0.522. The summed E-state index contributed by atoms with van der Waals surface area (Å²) in [4.78, 5) is 6.86. The van der Waals surface area contributed by atoms with Gasteiger partial charge < -0.3 is 10.2 Å². The van der Waals surface area contributed by atoms with E-state index in [0.717, 1.165) is 31.0 Å². The minimum Gasteiger partial charge on any atom is -0.366 e. The largest absolute Gasteiger partial charge is 0.366 e. The molecule has 0 aliphatic carbocycles. The van der Waals surface area contributed by atoms with Crippen molar-refractivity contribution >= 4 is 5.82 Å². The third kappa shape index (κ3) is 3.48. The van der Waals surface area contributed by atoms with Gasteiger partial charge in [-0.1, -0.05) is 24.3 Å². The third-order valence-corrected chi connectivity index (χ3v) is 5.26. The molecule has 2 N–H and O–H groups in total. The minimum atomic E-state index is 0.522. The molecular formula is C21H25N5. The lowest BCUT2D eigenvalue weighted by Gasteiger charge is -2.12. The summed E-state index contributed by atoms with van der Waals surface area (Å²) in [5.41, 5.74) is 6.17. The van der Waals surface area contributed by atoms with Crippen LogP contribution < -0.4 is 5.32 Å². The van der Waals surface area contributed by atoms with Crippen molar-refractivity contribution in [1.82, 2.24) is 20.1 Å². The molecule has 0 radical (unpaired) electrons. The molecule has 0 bridgehead atoms. The lowest BCUT2D eigenvalue weighted by molar-refractivity contribution is 0.411. The van der Waals surface area contributed by atoms with Gasteiger partial charge >= 0.3 is 0 Å². The number of rotatable bonds is 5. The SMILES string of the molecule is Cc1ccccc1CNc1cc(-c2cn[nH]c2C2CCN(C)C2)ccn1. The van der Waals surface area contributed by atoms with Crippen LogP contribution in [0.5, 0.6) is 0 Å². The van der Waals surface area contributed by atoms with Crippen LogP contribution in [0.15, 0.2) is 48.8 Å². The second-order valence-corrected chi connectivity index (χ2v) is 7.15. The van der Waals surface area contributed by atoms with E-state index >= 15 is 0 Å². The van der Waals surface area contributed by atoms with Crippen molar-refractivity contribution in [1.29, 1.82) is 0 Å². The number of likely N-dealkylation sites (N-methyl/N-ethyl adjacent to an activating group) is 1. The summed E-state index contributed by atoms with van der Waals surface area (Å²) < 4.78 is 0. The number of aryl methyl sites for hydroxylation is 1. The molecule has 1 fully saturated rings. The summed E-state index contributed by atoms with van der Waals surface area (Å²) in [6.45, 7) is 5.13. The summed E-state index contributed by atoms with van der Waals surface area (Å²) in [7, 11) is 2.18. The number of nitrogens with one attached hydrogen (secondary N) is 2. The van der Waals surface area contributed by atoms with Crippen LogP contribution >= 0.6 is 0 Å². The molecular weight excluding hydrogens is 322 g/mol. The molecule has 2 aromatic heterocycles. The van der Waals surface area contributed by atoms with E-state index in [4.69, 9.17) is 0 Å². The lowest BCUT2D eigenvalue weighted by Crippen LogP contribution is -2.13. The second-order valence-electron chi connectivity index (χ2n) is 7.15. The van der Waals surface area contributed by atoms with Gasteiger partial charge in [0, 0.05) is 36.5 Å². The highest BCUT2D eigenvalue weighted by Crippen LogP contribution is 2.33. The Kier molecular flexibility index (Phi) is 4.71. The van der Waals surface area contributed by atoms with E-state index in [1.54, 1.807) is 0 Å². The molecule has 1 aliphatic heterocycles. The van der Waals surface area contributed by atoms with Crippen LogP contribution in [0.25, 0.3) is 11.1 Å². The number of H-pyrrole nitrogens is 1. The average Bonchev–Trinajstić information content (AvgIpc) is 3.30. The topological polar surface area (TPSA) is 56.8 Å². The van der Waals surface area contributed by atoms with Crippen molar-refractivity contribution in [2.24, 2.45) is 0 Å². The molecule has 4 rings (SSSR count). The van der Waals surface area contributed by atoms with E-state index in [9.17, 15) is 0 Å². The molecule has 1 aromatic carbocycles. The van der Waals surface area contributed by atoms with E-state index in [0.29, 0.717) is 5.92 Å². The van der Waals surface area contributed by atoms with Gasteiger partial charge in [-0.25, -0.2) is 4.98 Å². The lowest BCUT2D eigenvalue weighted by atomic mass is 9.97. The molecule has 5 heteroatoms. The van der Waals surface area contributed by atoms with Crippen molar-refractivity contribution < 1.29 is 0 Å². The number of anilines is 1. The van der Waals surface area contributed by atoms with Gasteiger partial charge in [-0.3, -0.25) is 5.10 Å². The van der Waals surface area contributed by atoms with Crippen molar-refractivity contribution in [2.45, 2.75) is 25.8 Å². The van der Waals surface area contributed by atoms with E-state index in [1.165, 1.54) is 28.8 Å². The Hall–Kier alpha value is -2.66. The van der Waals surface area contributed by atoms with Crippen LogP contribution in [-0.2, 0) is 6.54 Å². The van der Waals surface area contributed by atoms with Crippen LogP contribution in [0.4, 0.5) is 5.82 Å². The van der Waals surface area contributed by atoms with Crippen molar-refractivity contribution in [2.75, 3.05) is 25.5 Å². The number of benzene rings is 1. The van der Waals surface area contributed by atoms with Crippen LogP contribution in [-0.4, -0.2) is 40.2 Å². The van der Waals surface area contributed by atoms with Crippen LogP contribution in [0, 0.1) is 6.92 Å². The highest BCUT2D eigenvalue weighted by atomic mass is 15.1. The first-order valence-corrected chi connectivity index (χ1v) is 9.17. The standard InChI is InChI=1S/C21H25N5/c1-15-5-3-4-6-17(15)12-23-20-11-16(7-9-22-20)19-13-24-25-21(19)18-8-10-26(2)14-18/h3-7,9,11,13,18H,8,10,12,14H2,1-2H3,(H,22,23)(H,24,25). The quantitative estimate of drug-likeness (QED) is 0.737. The maximum absolute atomic E-state index is 4.48. The molecule has 0 amide bonds. The Balaban J connectivity index is 1.53. The highest BCUT2D eigenvalue weighted by Gasteiger charge is 2.25. The summed E-state index contributed by atoms with van der Waals surface area (Å²) in [5, 5.41) is 11.0. The highest BCUT2D eigenvalue weighted by molar-refractivity contribution is 5.68. The predicted molar refractivity (Wildman–Crippen MR) is 105 cm³/mol. The molecule has 134 valence electrons. The Labute approximate surface area is 154 Å². The number of pyridine rings is 1. The normalized spacial score (nSPS) is 17.5. The second kappa shape index (κ2) is 7.30. The number of hydrogen-bond acceptors (Lipinski definition) is 4. The molecule has 1 saturated heterocycles. The molecule has 0 spiro atoms. The van der Waals surface area contributed by atoms with Crippen molar-refractivity contribution in [3.8, 4) is 11.1 Å². The van der Waals surface area contributed by atoms with Crippen molar-refractivity contribution in [3.05, 3.63) is 65.6 Å². The van der Waals surface area contributed by atoms with Crippen LogP contribution in [0.3, 0.4) is 0 Å². The number of aromatic nitrogens is 3. The molecule has 1 unspecified atom stereocenters. The molecule has 1 atom stereocenters. The molecule has 1 aliphatic rings. The van der Waals surface area contributed by atoms with E-state index in [1.807, 2.05) is 12.4 Å². The first kappa shape index (κ1) is 16.8. The zero-order valence-electron chi connectivity index (χ0n) is 15.4. The van der Waals surface area contributed by atoms with Gasteiger partial charge in [0.1, 0.15) is 5.82 Å².